The van der Waals surface area contributed by atoms with Gasteiger partial charge < -0.3 is 20.9 Å². The van der Waals surface area contributed by atoms with Crippen LogP contribution < -0.4 is 16.0 Å². The van der Waals surface area contributed by atoms with Gasteiger partial charge in [-0.3, -0.25) is 14.5 Å². The Morgan fingerprint density at radius 2 is 1.32 bits per heavy atom. The van der Waals surface area contributed by atoms with Gasteiger partial charge in [0, 0.05) is 39.3 Å². The molecular formula is C26H35N5O3. The van der Waals surface area contributed by atoms with E-state index in [1.165, 1.54) is 0 Å². The van der Waals surface area contributed by atoms with Gasteiger partial charge in [-0.15, -0.1) is 0 Å². The number of nitrogens with zero attached hydrogens (tertiary/aromatic N) is 2. The van der Waals surface area contributed by atoms with Gasteiger partial charge in [-0.05, 0) is 17.0 Å². The number of urea groups is 1. The van der Waals surface area contributed by atoms with Crippen molar-refractivity contribution in [2.24, 2.45) is 5.92 Å². The Morgan fingerprint density at radius 3 is 1.85 bits per heavy atom. The number of hydrogen-bond acceptors (Lipinski definition) is 4. The summed E-state index contributed by atoms with van der Waals surface area (Å²) in [5.41, 5.74) is 2.06. The largest absolute Gasteiger partial charge is 0.351 e. The molecule has 1 unspecified atom stereocenters. The van der Waals surface area contributed by atoms with Crippen LogP contribution in [0.3, 0.4) is 0 Å². The SMILES string of the molecule is CC(C)C(NC(=O)NCc1ccccc1)C(=O)N1CCN(CC(=O)NCc2ccccc2)CC1. The molecule has 1 aliphatic rings. The van der Waals surface area contributed by atoms with Crippen LogP contribution in [0.1, 0.15) is 25.0 Å². The lowest BCUT2D eigenvalue weighted by Crippen LogP contribution is -2.58. The lowest BCUT2D eigenvalue weighted by molar-refractivity contribution is -0.136. The molecule has 0 bridgehead atoms. The second kappa shape index (κ2) is 12.7. The number of piperazine rings is 1. The van der Waals surface area contributed by atoms with Crippen LogP contribution in [0.15, 0.2) is 60.7 Å². The van der Waals surface area contributed by atoms with Gasteiger partial charge in [0.2, 0.25) is 11.8 Å². The van der Waals surface area contributed by atoms with Crippen molar-refractivity contribution in [2.45, 2.75) is 33.0 Å². The molecule has 2 aromatic rings. The normalized spacial score (nSPS) is 15.0. The van der Waals surface area contributed by atoms with E-state index in [4.69, 9.17) is 0 Å². The van der Waals surface area contributed by atoms with E-state index in [0.717, 1.165) is 11.1 Å². The first-order valence-corrected chi connectivity index (χ1v) is 11.8. The zero-order valence-electron chi connectivity index (χ0n) is 20.0. The van der Waals surface area contributed by atoms with Crippen molar-refractivity contribution in [2.75, 3.05) is 32.7 Å². The molecule has 8 heteroatoms. The van der Waals surface area contributed by atoms with Gasteiger partial charge in [-0.1, -0.05) is 74.5 Å². The highest BCUT2D eigenvalue weighted by Gasteiger charge is 2.31. The van der Waals surface area contributed by atoms with E-state index in [2.05, 4.69) is 20.9 Å². The summed E-state index contributed by atoms with van der Waals surface area (Å²) in [5.74, 6) is -0.157. The van der Waals surface area contributed by atoms with E-state index in [-0.39, 0.29) is 23.8 Å². The van der Waals surface area contributed by atoms with Crippen LogP contribution in [0.4, 0.5) is 4.79 Å². The Kier molecular flexibility index (Phi) is 9.46. The standard InChI is InChI=1S/C26H35N5O3/c1-20(2)24(29-26(34)28-18-22-11-7-4-8-12-22)25(33)31-15-13-30(14-16-31)19-23(32)27-17-21-9-5-3-6-10-21/h3-12,20,24H,13-19H2,1-2H3,(H,27,32)(H2,28,29,34). The Labute approximate surface area is 201 Å². The number of amides is 4. The maximum Gasteiger partial charge on any atom is 0.315 e. The molecule has 1 fully saturated rings. The lowest BCUT2D eigenvalue weighted by atomic mass is 10.0. The second-order valence-electron chi connectivity index (χ2n) is 8.90. The molecular weight excluding hydrogens is 430 g/mol. The summed E-state index contributed by atoms with van der Waals surface area (Å²) in [7, 11) is 0. The summed E-state index contributed by atoms with van der Waals surface area (Å²) >= 11 is 0. The van der Waals surface area contributed by atoms with Gasteiger partial charge in [-0.25, -0.2) is 4.79 Å². The molecule has 2 aromatic carbocycles. The number of benzene rings is 2. The molecule has 1 saturated heterocycles. The summed E-state index contributed by atoms with van der Waals surface area (Å²) in [4.78, 5) is 41.7. The highest BCUT2D eigenvalue weighted by Crippen LogP contribution is 2.10. The highest BCUT2D eigenvalue weighted by atomic mass is 16.2. The number of carbonyl (C=O) groups is 3. The van der Waals surface area contributed by atoms with Crippen molar-refractivity contribution in [3.63, 3.8) is 0 Å². The fourth-order valence-corrected chi connectivity index (χ4v) is 3.86. The van der Waals surface area contributed by atoms with Crippen molar-refractivity contribution < 1.29 is 14.4 Å². The summed E-state index contributed by atoms with van der Waals surface area (Å²) in [6, 6.07) is 18.5. The van der Waals surface area contributed by atoms with Crippen LogP contribution in [-0.2, 0) is 22.7 Å². The predicted octanol–water partition coefficient (Wildman–Crippen LogP) is 1.97. The molecule has 182 valence electrons. The van der Waals surface area contributed by atoms with E-state index >= 15 is 0 Å². The molecule has 34 heavy (non-hydrogen) atoms. The van der Waals surface area contributed by atoms with Crippen LogP contribution in [-0.4, -0.2) is 66.4 Å². The third kappa shape index (κ3) is 7.88. The molecule has 1 aliphatic heterocycles. The molecule has 1 atom stereocenters. The summed E-state index contributed by atoms with van der Waals surface area (Å²) in [6.07, 6.45) is 0. The van der Waals surface area contributed by atoms with Gasteiger partial charge in [0.1, 0.15) is 6.04 Å². The van der Waals surface area contributed by atoms with E-state index in [1.54, 1.807) is 4.90 Å². The third-order valence-electron chi connectivity index (χ3n) is 5.90. The van der Waals surface area contributed by atoms with Crippen molar-refractivity contribution in [1.29, 1.82) is 0 Å². The van der Waals surface area contributed by atoms with Gasteiger partial charge >= 0.3 is 6.03 Å². The maximum absolute atomic E-state index is 13.1. The van der Waals surface area contributed by atoms with Crippen molar-refractivity contribution in [3.05, 3.63) is 71.8 Å². The number of nitrogens with one attached hydrogen (secondary N) is 3. The number of rotatable bonds is 9. The maximum atomic E-state index is 13.1. The number of hydrogen-bond donors (Lipinski definition) is 3. The Bertz CT molecular complexity index is 928. The Hall–Kier alpha value is -3.39. The Balaban J connectivity index is 1.41. The monoisotopic (exact) mass is 465 g/mol. The first kappa shape index (κ1) is 25.2. The molecule has 3 rings (SSSR count). The van der Waals surface area contributed by atoms with E-state index < -0.39 is 6.04 Å². The highest BCUT2D eigenvalue weighted by molar-refractivity contribution is 5.87. The van der Waals surface area contributed by atoms with Crippen LogP contribution in [0.2, 0.25) is 0 Å². The summed E-state index contributed by atoms with van der Waals surface area (Å²) in [5, 5.41) is 8.60. The Morgan fingerprint density at radius 1 is 0.794 bits per heavy atom. The van der Waals surface area contributed by atoms with Crippen molar-refractivity contribution in [3.8, 4) is 0 Å². The third-order valence-corrected chi connectivity index (χ3v) is 5.90. The zero-order valence-corrected chi connectivity index (χ0v) is 20.0. The fourth-order valence-electron chi connectivity index (χ4n) is 3.86. The minimum atomic E-state index is -0.600. The second-order valence-corrected chi connectivity index (χ2v) is 8.90. The van der Waals surface area contributed by atoms with E-state index in [1.807, 2.05) is 74.5 Å². The van der Waals surface area contributed by atoms with Gasteiger partial charge in [-0.2, -0.15) is 0 Å². The van der Waals surface area contributed by atoms with Crippen LogP contribution in [0.25, 0.3) is 0 Å². The minimum Gasteiger partial charge on any atom is -0.351 e. The van der Waals surface area contributed by atoms with Crippen molar-refractivity contribution >= 4 is 17.8 Å². The molecule has 0 aliphatic carbocycles. The van der Waals surface area contributed by atoms with Crippen LogP contribution >= 0.6 is 0 Å². The van der Waals surface area contributed by atoms with E-state index in [0.29, 0.717) is 45.8 Å². The van der Waals surface area contributed by atoms with Gasteiger partial charge in [0.25, 0.3) is 0 Å². The first-order valence-electron chi connectivity index (χ1n) is 11.8. The smallest absolute Gasteiger partial charge is 0.315 e. The van der Waals surface area contributed by atoms with E-state index in [9.17, 15) is 14.4 Å². The average molecular weight is 466 g/mol. The van der Waals surface area contributed by atoms with Crippen LogP contribution in [0.5, 0.6) is 0 Å². The fraction of sp³-hybridized carbons (Fsp3) is 0.423. The molecule has 4 amide bonds. The molecule has 0 aromatic heterocycles. The number of carbonyl (C=O) groups excluding carboxylic acids is 3. The molecule has 0 saturated carbocycles. The summed E-state index contributed by atoms with van der Waals surface area (Å²) in [6.45, 7) is 7.36. The molecule has 0 radical (unpaired) electrons. The molecule has 0 spiro atoms. The van der Waals surface area contributed by atoms with Crippen LogP contribution in [0, 0.1) is 5.92 Å². The molecule has 8 nitrogen and oxygen atoms in total. The summed E-state index contributed by atoms with van der Waals surface area (Å²) < 4.78 is 0. The first-order chi connectivity index (χ1) is 16.4. The van der Waals surface area contributed by atoms with Crippen molar-refractivity contribution in [1.82, 2.24) is 25.8 Å². The van der Waals surface area contributed by atoms with Gasteiger partial charge in [0.05, 0.1) is 6.54 Å². The minimum absolute atomic E-state index is 0.0274. The molecule has 1 heterocycles. The molecule has 3 N–H and O–H groups in total. The lowest BCUT2D eigenvalue weighted by Gasteiger charge is -2.37. The average Bonchev–Trinajstić information content (AvgIpc) is 2.86. The predicted molar refractivity (Wildman–Crippen MR) is 132 cm³/mol. The zero-order chi connectivity index (χ0) is 24.3. The quantitative estimate of drug-likeness (QED) is 0.528. The van der Waals surface area contributed by atoms with Gasteiger partial charge in [0.15, 0.2) is 0 Å². The topological polar surface area (TPSA) is 93.8 Å².